The summed E-state index contributed by atoms with van der Waals surface area (Å²) in [4.78, 5) is 29.8. The number of hydrogen-bond acceptors (Lipinski definition) is 3. The van der Waals surface area contributed by atoms with E-state index in [2.05, 4.69) is 10.3 Å². The van der Waals surface area contributed by atoms with Crippen molar-refractivity contribution in [3.8, 4) is 0 Å². The number of rotatable bonds is 2. The van der Waals surface area contributed by atoms with Crippen molar-refractivity contribution in [1.29, 1.82) is 0 Å². The van der Waals surface area contributed by atoms with E-state index in [1.165, 1.54) is 17.0 Å². The predicted molar refractivity (Wildman–Crippen MR) is 89.1 cm³/mol. The molecule has 0 spiro atoms. The van der Waals surface area contributed by atoms with Gasteiger partial charge < -0.3 is 10.2 Å². The highest BCUT2D eigenvalue weighted by Crippen LogP contribution is 2.26. The van der Waals surface area contributed by atoms with Crippen molar-refractivity contribution in [3.63, 3.8) is 0 Å². The van der Waals surface area contributed by atoms with E-state index in [0.717, 1.165) is 5.56 Å². The quantitative estimate of drug-likeness (QED) is 0.922. The molecule has 0 saturated heterocycles. The van der Waals surface area contributed by atoms with Crippen LogP contribution in [-0.2, 0) is 6.42 Å². The van der Waals surface area contributed by atoms with Crippen LogP contribution in [0.2, 0.25) is 0 Å². The van der Waals surface area contributed by atoms with Crippen LogP contribution in [0.15, 0.2) is 47.5 Å². The first-order valence-electron chi connectivity index (χ1n) is 7.43. The first-order valence-corrected chi connectivity index (χ1v) is 7.43. The third kappa shape index (κ3) is 3.17. The third-order valence-electron chi connectivity index (χ3n) is 3.72. The molecule has 1 aliphatic heterocycles. The van der Waals surface area contributed by atoms with Gasteiger partial charge in [0, 0.05) is 31.6 Å². The van der Waals surface area contributed by atoms with Crippen molar-refractivity contribution < 1.29 is 14.0 Å². The van der Waals surface area contributed by atoms with Gasteiger partial charge in [0.2, 0.25) is 0 Å². The molecule has 0 aliphatic carbocycles. The van der Waals surface area contributed by atoms with E-state index < -0.39 is 0 Å². The standard InChI is InChI=1S/C18H16FN3O2/c1-22(2)18(24)12-5-3-11(4-6-12)17(23)21-16-9-13-7-8-14(19)10-15(13)20-16/h3-8,10H,9H2,1-2H3,(H,20,21,23). The fourth-order valence-electron chi connectivity index (χ4n) is 2.45. The zero-order chi connectivity index (χ0) is 17.3. The van der Waals surface area contributed by atoms with Gasteiger partial charge in [-0.15, -0.1) is 0 Å². The normalized spacial score (nSPS) is 12.4. The van der Waals surface area contributed by atoms with Crippen LogP contribution in [0.3, 0.4) is 0 Å². The van der Waals surface area contributed by atoms with Gasteiger partial charge in [0.1, 0.15) is 11.7 Å². The van der Waals surface area contributed by atoms with Crippen LogP contribution in [0.5, 0.6) is 0 Å². The highest BCUT2D eigenvalue weighted by atomic mass is 19.1. The lowest BCUT2D eigenvalue weighted by Gasteiger charge is -2.10. The molecule has 0 saturated carbocycles. The number of halogens is 1. The van der Waals surface area contributed by atoms with E-state index in [1.807, 2.05) is 0 Å². The maximum absolute atomic E-state index is 13.2. The fraction of sp³-hybridized carbons (Fsp3) is 0.167. The van der Waals surface area contributed by atoms with E-state index in [-0.39, 0.29) is 17.6 Å². The number of nitrogens with zero attached hydrogens (tertiary/aromatic N) is 2. The number of amides is 2. The van der Waals surface area contributed by atoms with Crippen LogP contribution < -0.4 is 5.32 Å². The minimum atomic E-state index is -0.355. The SMILES string of the molecule is CN(C)C(=O)c1ccc(C(=O)NC2=Nc3cc(F)ccc3C2)cc1. The van der Waals surface area contributed by atoms with E-state index in [9.17, 15) is 14.0 Å². The minimum Gasteiger partial charge on any atom is -0.345 e. The van der Waals surface area contributed by atoms with Crippen molar-refractivity contribution in [1.82, 2.24) is 10.2 Å². The molecule has 6 heteroatoms. The van der Waals surface area contributed by atoms with Crippen molar-refractivity contribution in [2.24, 2.45) is 4.99 Å². The number of aliphatic imine (C=N–C) groups is 1. The molecule has 3 rings (SSSR count). The molecule has 0 aromatic heterocycles. The highest BCUT2D eigenvalue weighted by Gasteiger charge is 2.18. The third-order valence-corrected chi connectivity index (χ3v) is 3.72. The van der Waals surface area contributed by atoms with Gasteiger partial charge in [0.15, 0.2) is 0 Å². The summed E-state index contributed by atoms with van der Waals surface area (Å²) < 4.78 is 13.2. The molecule has 0 fully saturated rings. The maximum Gasteiger partial charge on any atom is 0.256 e. The van der Waals surface area contributed by atoms with Gasteiger partial charge in [-0.3, -0.25) is 9.59 Å². The van der Waals surface area contributed by atoms with Crippen LogP contribution in [0, 0.1) is 5.82 Å². The van der Waals surface area contributed by atoms with Crippen LogP contribution in [-0.4, -0.2) is 36.6 Å². The lowest BCUT2D eigenvalue weighted by Crippen LogP contribution is -2.30. The number of nitrogens with one attached hydrogen (secondary N) is 1. The Morgan fingerprint density at radius 2 is 1.75 bits per heavy atom. The Labute approximate surface area is 138 Å². The van der Waals surface area contributed by atoms with Crippen LogP contribution in [0.1, 0.15) is 26.3 Å². The number of carbonyl (C=O) groups is 2. The van der Waals surface area contributed by atoms with Gasteiger partial charge in [-0.2, -0.15) is 0 Å². The Morgan fingerprint density at radius 3 is 2.42 bits per heavy atom. The highest BCUT2D eigenvalue weighted by molar-refractivity contribution is 6.09. The number of carbonyl (C=O) groups excluding carboxylic acids is 2. The largest absolute Gasteiger partial charge is 0.345 e. The van der Waals surface area contributed by atoms with E-state index in [4.69, 9.17) is 0 Å². The first-order chi connectivity index (χ1) is 11.4. The van der Waals surface area contributed by atoms with Crippen molar-refractivity contribution in [2.45, 2.75) is 6.42 Å². The second-order valence-electron chi connectivity index (χ2n) is 5.74. The summed E-state index contributed by atoms with van der Waals surface area (Å²) in [5.74, 6) is -0.314. The van der Waals surface area contributed by atoms with Crippen molar-refractivity contribution in [3.05, 3.63) is 65.0 Å². The first kappa shape index (κ1) is 15.9. The number of benzene rings is 2. The molecule has 0 radical (unpaired) electrons. The van der Waals surface area contributed by atoms with Gasteiger partial charge in [-0.25, -0.2) is 9.38 Å². The molecule has 1 heterocycles. The second-order valence-corrected chi connectivity index (χ2v) is 5.74. The molecule has 122 valence electrons. The zero-order valence-electron chi connectivity index (χ0n) is 13.3. The molecule has 1 aliphatic rings. The van der Waals surface area contributed by atoms with Gasteiger partial charge in [-0.1, -0.05) is 6.07 Å². The van der Waals surface area contributed by atoms with Crippen LogP contribution in [0.4, 0.5) is 10.1 Å². The predicted octanol–water partition coefficient (Wildman–Crippen LogP) is 2.54. The summed E-state index contributed by atoms with van der Waals surface area (Å²) in [5.41, 5.74) is 2.35. The van der Waals surface area contributed by atoms with E-state index in [0.29, 0.717) is 29.1 Å². The Morgan fingerprint density at radius 1 is 1.08 bits per heavy atom. The van der Waals surface area contributed by atoms with Gasteiger partial charge in [-0.05, 0) is 42.0 Å². The maximum atomic E-state index is 13.2. The smallest absolute Gasteiger partial charge is 0.256 e. The second kappa shape index (κ2) is 6.23. The van der Waals surface area contributed by atoms with Crippen molar-refractivity contribution in [2.75, 3.05) is 14.1 Å². The Kier molecular flexibility index (Phi) is 4.12. The van der Waals surface area contributed by atoms with Gasteiger partial charge in [0.25, 0.3) is 11.8 Å². The summed E-state index contributed by atoms with van der Waals surface area (Å²) in [7, 11) is 3.34. The molecule has 0 bridgehead atoms. The van der Waals surface area contributed by atoms with E-state index >= 15 is 0 Å². The molecule has 2 aromatic carbocycles. The Balaban J connectivity index is 1.70. The Hall–Kier alpha value is -3.02. The molecule has 0 unspecified atom stereocenters. The molecule has 0 atom stereocenters. The lowest BCUT2D eigenvalue weighted by molar-refractivity contribution is 0.0826. The van der Waals surface area contributed by atoms with Gasteiger partial charge in [0.05, 0.1) is 5.69 Å². The molecular formula is C18H16FN3O2. The van der Waals surface area contributed by atoms with Crippen molar-refractivity contribution >= 4 is 23.3 Å². The van der Waals surface area contributed by atoms with Gasteiger partial charge >= 0.3 is 0 Å². The molecule has 24 heavy (non-hydrogen) atoms. The summed E-state index contributed by atoms with van der Waals surface area (Å²) in [5, 5.41) is 2.73. The zero-order valence-corrected chi connectivity index (χ0v) is 13.3. The summed E-state index contributed by atoms with van der Waals surface area (Å²) in [6.07, 6.45) is 0.457. The molecule has 2 amide bonds. The molecular weight excluding hydrogens is 309 g/mol. The summed E-state index contributed by atoms with van der Waals surface area (Å²) >= 11 is 0. The van der Waals surface area contributed by atoms with Crippen LogP contribution >= 0.6 is 0 Å². The average molecular weight is 325 g/mol. The number of hydrogen-bond donors (Lipinski definition) is 1. The minimum absolute atomic E-state index is 0.125. The summed E-state index contributed by atoms with van der Waals surface area (Å²) in [6, 6.07) is 10.8. The molecule has 5 nitrogen and oxygen atoms in total. The van der Waals surface area contributed by atoms with Crippen LogP contribution in [0.25, 0.3) is 0 Å². The molecule has 2 aromatic rings. The topological polar surface area (TPSA) is 61.8 Å². The van der Waals surface area contributed by atoms with E-state index in [1.54, 1.807) is 44.4 Å². The number of amidine groups is 1. The Bertz CT molecular complexity index is 842. The summed E-state index contributed by atoms with van der Waals surface area (Å²) in [6.45, 7) is 0. The monoisotopic (exact) mass is 325 g/mol. The molecule has 1 N–H and O–H groups in total. The fourth-order valence-corrected chi connectivity index (χ4v) is 2.45. The lowest BCUT2D eigenvalue weighted by atomic mass is 10.1. The number of fused-ring (bicyclic) bond motifs is 1. The average Bonchev–Trinajstić information content (AvgIpc) is 2.95.